The van der Waals surface area contributed by atoms with Crippen molar-refractivity contribution in [3.05, 3.63) is 59.2 Å². The molecule has 3 aromatic rings. The highest BCUT2D eigenvalue weighted by Crippen LogP contribution is 2.30. The average Bonchev–Trinajstić information content (AvgIpc) is 2.62. The molecule has 0 bridgehead atoms. The molecule has 2 aromatic carbocycles. The minimum Gasteiger partial charge on any atom is -0.495 e. The van der Waals surface area contributed by atoms with Crippen LogP contribution in [0.2, 0.25) is 5.02 Å². The third kappa shape index (κ3) is 4.80. The van der Waals surface area contributed by atoms with Crippen LogP contribution in [0.1, 0.15) is 5.69 Å². The molecule has 0 aliphatic carbocycles. The molecule has 7 heteroatoms. The van der Waals surface area contributed by atoms with E-state index in [9.17, 15) is 0 Å². The number of halogens is 1. The minimum absolute atomic E-state index is 0.461. The van der Waals surface area contributed by atoms with E-state index in [0.717, 1.165) is 17.1 Å². The monoisotopic (exact) mass is 383 g/mol. The number of nitrogens with one attached hydrogen (secondary N) is 2. The first-order valence-electron chi connectivity index (χ1n) is 8.45. The first-order chi connectivity index (χ1) is 12.9. The van der Waals surface area contributed by atoms with E-state index in [1.807, 2.05) is 51.4 Å². The summed E-state index contributed by atoms with van der Waals surface area (Å²) < 4.78 is 5.36. The summed E-state index contributed by atoms with van der Waals surface area (Å²) in [5.41, 5.74) is 3.62. The van der Waals surface area contributed by atoms with Crippen LogP contribution < -0.4 is 20.3 Å². The maximum absolute atomic E-state index is 6.09. The molecule has 2 N–H and O–H groups in total. The summed E-state index contributed by atoms with van der Waals surface area (Å²) in [6, 6.07) is 15.4. The summed E-state index contributed by atoms with van der Waals surface area (Å²) in [5, 5.41) is 7.09. The Morgan fingerprint density at radius 3 is 2.37 bits per heavy atom. The lowest BCUT2D eigenvalue weighted by Crippen LogP contribution is -2.08. The zero-order valence-electron chi connectivity index (χ0n) is 15.7. The minimum atomic E-state index is 0.461. The summed E-state index contributed by atoms with van der Waals surface area (Å²) >= 11 is 6.09. The molecule has 0 saturated carbocycles. The molecular formula is C20H22ClN5O. The average molecular weight is 384 g/mol. The Kier molecular flexibility index (Phi) is 5.66. The van der Waals surface area contributed by atoms with E-state index in [-0.39, 0.29) is 0 Å². The second kappa shape index (κ2) is 8.14. The van der Waals surface area contributed by atoms with E-state index in [1.165, 1.54) is 0 Å². The van der Waals surface area contributed by atoms with Crippen LogP contribution in [0.4, 0.5) is 28.8 Å². The molecule has 0 amide bonds. The number of ether oxygens (including phenoxy) is 1. The maximum Gasteiger partial charge on any atom is 0.229 e. The van der Waals surface area contributed by atoms with Crippen molar-refractivity contribution in [3.8, 4) is 5.75 Å². The van der Waals surface area contributed by atoms with Gasteiger partial charge in [0.2, 0.25) is 5.95 Å². The number of nitrogens with zero attached hydrogens (tertiary/aromatic N) is 3. The number of aromatic nitrogens is 2. The van der Waals surface area contributed by atoms with Crippen molar-refractivity contribution >= 4 is 40.4 Å². The number of rotatable bonds is 6. The Balaban J connectivity index is 1.83. The first-order valence-corrected chi connectivity index (χ1v) is 8.83. The second-order valence-electron chi connectivity index (χ2n) is 6.25. The molecule has 6 nitrogen and oxygen atoms in total. The lowest BCUT2D eigenvalue weighted by Gasteiger charge is -2.14. The molecule has 0 unspecified atom stereocenters. The van der Waals surface area contributed by atoms with Crippen molar-refractivity contribution in [1.29, 1.82) is 0 Å². The highest BCUT2D eigenvalue weighted by molar-refractivity contribution is 6.31. The summed E-state index contributed by atoms with van der Waals surface area (Å²) in [6.45, 7) is 1.92. The molecule has 3 rings (SSSR count). The van der Waals surface area contributed by atoms with Gasteiger partial charge in [0.1, 0.15) is 11.6 Å². The van der Waals surface area contributed by atoms with Crippen LogP contribution in [0.15, 0.2) is 48.5 Å². The van der Waals surface area contributed by atoms with Crippen molar-refractivity contribution in [3.63, 3.8) is 0 Å². The Labute approximate surface area is 164 Å². The Morgan fingerprint density at radius 1 is 0.963 bits per heavy atom. The van der Waals surface area contributed by atoms with Crippen LogP contribution in [0.25, 0.3) is 0 Å². The van der Waals surface area contributed by atoms with E-state index in [0.29, 0.717) is 28.2 Å². The van der Waals surface area contributed by atoms with Gasteiger partial charge in [-0.1, -0.05) is 11.6 Å². The molecule has 0 aliphatic rings. The molecule has 0 saturated heterocycles. The normalized spacial score (nSPS) is 10.4. The summed E-state index contributed by atoms with van der Waals surface area (Å²) in [6.07, 6.45) is 0. The zero-order chi connectivity index (χ0) is 19.4. The molecule has 1 heterocycles. The Morgan fingerprint density at radius 2 is 1.70 bits per heavy atom. The maximum atomic E-state index is 6.09. The van der Waals surface area contributed by atoms with Crippen molar-refractivity contribution in [2.75, 3.05) is 36.7 Å². The van der Waals surface area contributed by atoms with Crippen LogP contribution in [0.3, 0.4) is 0 Å². The Bertz CT molecular complexity index is 928. The van der Waals surface area contributed by atoms with Gasteiger partial charge in [0, 0.05) is 42.3 Å². The Hall–Kier alpha value is -2.99. The molecule has 1 aromatic heterocycles. The fourth-order valence-corrected chi connectivity index (χ4v) is 2.75. The number of hydrogen-bond donors (Lipinski definition) is 2. The molecule has 27 heavy (non-hydrogen) atoms. The van der Waals surface area contributed by atoms with Gasteiger partial charge in [0.25, 0.3) is 0 Å². The van der Waals surface area contributed by atoms with Crippen molar-refractivity contribution in [1.82, 2.24) is 9.97 Å². The number of anilines is 5. The van der Waals surface area contributed by atoms with Crippen LogP contribution in [0.5, 0.6) is 5.75 Å². The standard InChI is InChI=1S/C20H22ClN5O/c1-13-11-19(23-15-6-8-16(9-7-15)26(2)3)25-20(22-13)24-17-12-14(21)5-10-18(17)27-4/h5-12H,1-4H3,(H2,22,23,24,25). The summed E-state index contributed by atoms with van der Waals surface area (Å²) in [7, 11) is 5.63. The number of hydrogen-bond acceptors (Lipinski definition) is 6. The van der Waals surface area contributed by atoms with E-state index in [4.69, 9.17) is 16.3 Å². The van der Waals surface area contributed by atoms with Gasteiger partial charge in [-0.3, -0.25) is 0 Å². The van der Waals surface area contributed by atoms with Gasteiger partial charge < -0.3 is 20.3 Å². The van der Waals surface area contributed by atoms with Crippen LogP contribution >= 0.6 is 11.6 Å². The predicted molar refractivity (Wildman–Crippen MR) is 112 cm³/mol. The first kappa shape index (κ1) is 18.8. The molecule has 140 valence electrons. The molecule has 0 spiro atoms. The van der Waals surface area contributed by atoms with Gasteiger partial charge in [0.05, 0.1) is 12.8 Å². The SMILES string of the molecule is COc1ccc(Cl)cc1Nc1nc(C)cc(Nc2ccc(N(C)C)cc2)n1. The van der Waals surface area contributed by atoms with Gasteiger partial charge in [0.15, 0.2) is 0 Å². The van der Waals surface area contributed by atoms with E-state index in [2.05, 4.69) is 25.5 Å². The fourth-order valence-electron chi connectivity index (χ4n) is 2.58. The highest BCUT2D eigenvalue weighted by atomic mass is 35.5. The van der Waals surface area contributed by atoms with Crippen molar-refractivity contribution in [2.45, 2.75) is 6.92 Å². The van der Waals surface area contributed by atoms with Gasteiger partial charge in [-0.2, -0.15) is 4.98 Å². The molecule has 0 atom stereocenters. The third-order valence-electron chi connectivity index (χ3n) is 3.92. The van der Waals surface area contributed by atoms with Crippen LogP contribution in [0, 0.1) is 6.92 Å². The summed E-state index contributed by atoms with van der Waals surface area (Å²) in [4.78, 5) is 11.0. The van der Waals surface area contributed by atoms with Gasteiger partial charge in [-0.15, -0.1) is 0 Å². The molecule has 0 fully saturated rings. The van der Waals surface area contributed by atoms with Gasteiger partial charge in [-0.05, 0) is 49.4 Å². The predicted octanol–water partition coefficient (Wildman–Crippen LogP) is 5.00. The zero-order valence-corrected chi connectivity index (χ0v) is 16.5. The number of methoxy groups -OCH3 is 1. The van der Waals surface area contributed by atoms with Gasteiger partial charge in [-0.25, -0.2) is 4.98 Å². The largest absolute Gasteiger partial charge is 0.495 e. The lowest BCUT2D eigenvalue weighted by molar-refractivity contribution is 0.417. The van der Waals surface area contributed by atoms with Crippen molar-refractivity contribution in [2.24, 2.45) is 0 Å². The quantitative estimate of drug-likeness (QED) is 0.624. The topological polar surface area (TPSA) is 62.3 Å². The smallest absolute Gasteiger partial charge is 0.229 e. The number of aryl methyl sites for hydroxylation is 1. The van der Waals surface area contributed by atoms with Crippen molar-refractivity contribution < 1.29 is 4.74 Å². The second-order valence-corrected chi connectivity index (χ2v) is 6.69. The fraction of sp³-hybridized carbons (Fsp3) is 0.200. The summed E-state index contributed by atoms with van der Waals surface area (Å²) in [5.74, 6) is 1.82. The lowest BCUT2D eigenvalue weighted by atomic mass is 10.2. The van der Waals surface area contributed by atoms with Gasteiger partial charge >= 0.3 is 0 Å². The van der Waals surface area contributed by atoms with E-state index < -0.39 is 0 Å². The molecule has 0 radical (unpaired) electrons. The highest BCUT2D eigenvalue weighted by Gasteiger charge is 2.08. The van der Waals surface area contributed by atoms with E-state index >= 15 is 0 Å². The van der Waals surface area contributed by atoms with Crippen LogP contribution in [-0.4, -0.2) is 31.2 Å². The third-order valence-corrected chi connectivity index (χ3v) is 4.15. The molecular weight excluding hydrogens is 362 g/mol. The number of benzene rings is 2. The van der Waals surface area contributed by atoms with Crippen LogP contribution in [-0.2, 0) is 0 Å². The molecule has 0 aliphatic heterocycles. The van der Waals surface area contributed by atoms with E-state index in [1.54, 1.807) is 25.3 Å².